The van der Waals surface area contributed by atoms with Gasteiger partial charge in [-0.25, -0.2) is 4.39 Å². The van der Waals surface area contributed by atoms with Crippen LogP contribution in [0.5, 0.6) is 0 Å². The molecule has 0 aliphatic carbocycles. The van der Waals surface area contributed by atoms with Gasteiger partial charge in [0.25, 0.3) is 0 Å². The fourth-order valence-corrected chi connectivity index (χ4v) is 1.80. The lowest BCUT2D eigenvalue weighted by atomic mass is 10.2. The largest absolute Gasteiger partial charge is 0.397 e. The predicted octanol–water partition coefficient (Wildman–Crippen LogP) is 2.48. The normalized spacial score (nSPS) is 10.1. The number of nitrogens with zero attached hydrogens (tertiary/aromatic N) is 1. The van der Waals surface area contributed by atoms with Crippen LogP contribution in [0.25, 0.3) is 0 Å². The van der Waals surface area contributed by atoms with Gasteiger partial charge < -0.3 is 16.0 Å². The van der Waals surface area contributed by atoms with Gasteiger partial charge >= 0.3 is 0 Å². The summed E-state index contributed by atoms with van der Waals surface area (Å²) in [5.74, 6) is -0.488. The second-order valence-corrected chi connectivity index (χ2v) is 4.47. The van der Waals surface area contributed by atoms with Gasteiger partial charge in [-0.3, -0.25) is 4.79 Å². The Morgan fingerprint density at radius 2 is 1.85 bits per heavy atom. The average molecular weight is 273 g/mol. The van der Waals surface area contributed by atoms with Crippen molar-refractivity contribution in [2.24, 2.45) is 0 Å². The molecule has 0 saturated heterocycles. The Kier molecular flexibility index (Phi) is 4.20. The van der Waals surface area contributed by atoms with Crippen LogP contribution in [0.2, 0.25) is 0 Å². The molecule has 0 radical (unpaired) electrons. The highest BCUT2D eigenvalue weighted by Crippen LogP contribution is 2.17. The lowest BCUT2D eigenvalue weighted by Crippen LogP contribution is -2.30. The highest BCUT2D eigenvalue weighted by atomic mass is 19.1. The maximum absolute atomic E-state index is 12.8. The maximum atomic E-state index is 12.8. The molecule has 0 spiro atoms. The van der Waals surface area contributed by atoms with E-state index in [-0.39, 0.29) is 18.3 Å². The quantitative estimate of drug-likeness (QED) is 0.841. The molecule has 0 saturated carbocycles. The van der Waals surface area contributed by atoms with Crippen LogP contribution in [-0.2, 0) is 4.79 Å². The third kappa shape index (κ3) is 3.47. The number of hydrogen-bond donors (Lipinski definition) is 2. The van der Waals surface area contributed by atoms with Crippen molar-refractivity contribution in [3.05, 3.63) is 54.3 Å². The van der Waals surface area contributed by atoms with E-state index in [4.69, 9.17) is 5.73 Å². The molecular formula is C15H16FN3O. The third-order valence-corrected chi connectivity index (χ3v) is 2.88. The highest BCUT2D eigenvalue weighted by Gasteiger charge is 2.09. The summed E-state index contributed by atoms with van der Waals surface area (Å²) in [6.45, 7) is 0.153. The average Bonchev–Trinajstić information content (AvgIpc) is 2.42. The van der Waals surface area contributed by atoms with Crippen molar-refractivity contribution in [3.63, 3.8) is 0 Å². The van der Waals surface area contributed by atoms with Crippen molar-refractivity contribution in [2.45, 2.75) is 0 Å². The molecule has 104 valence electrons. The van der Waals surface area contributed by atoms with E-state index in [1.54, 1.807) is 48.3 Å². The van der Waals surface area contributed by atoms with E-state index in [0.717, 1.165) is 5.69 Å². The van der Waals surface area contributed by atoms with Crippen LogP contribution < -0.4 is 16.0 Å². The molecule has 0 fully saturated rings. The molecule has 0 aliphatic heterocycles. The minimum absolute atomic E-state index is 0.153. The first kappa shape index (κ1) is 13.9. The Morgan fingerprint density at radius 1 is 1.20 bits per heavy atom. The summed E-state index contributed by atoms with van der Waals surface area (Å²) in [5, 5.41) is 2.74. The number of para-hydroxylation sites is 2. The molecule has 0 bridgehead atoms. The van der Waals surface area contributed by atoms with Crippen LogP contribution in [0, 0.1) is 5.82 Å². The maximum Gasteiger partial charge on any atom is 0.243 e. The van der Waals surface area contributed by atoms with E-state index < -0.39 is 0 Å². The van der Waals surface area contributed by atoms with Crippen LogP contribution in [0.4, 0.5) is 21.5 Å². The number of likely N-dealkylation sites (N-methyl/N-ethyl adjacent to an activating group) is 1. The summed E-state index contributed by atoms with van der Waals surface area (Å²) in [7, 11) is 1.77. The fourth-order valence-electron chi connectivity index (χ4n) is 1.80. The van der Waals surface area contributed by atoms with Crippen LogP contribution >= 0.6 is 0 Å². The van der Waals surface area contributed by atoms with Crippen molar-refractivity contribution >= 4 is 23.0 Å². The summed E-state index contributed by atoms with van der Waals surface area (Å²) in [6, 6.07) is 13.0. The Balaban J connectivity index is 1.98. The summed E-state index contributed by atoms with van der Waals surface area (Å²) in [4.78, 5) is 13.7. The molecular weight excluding hydrogens is 257 g/mol. The topological polar surface area (TPSA) is 58.4 Å². The number of nitrogens with one attached hydrogen (secondary N) is 1. The lowest BCUT2D eigenvalue weighted by molar-refractivity contribution is -0.114. The zero-order valence-corrected chi connectivity index (χ0v) is 11.1. The predicted molar refractivity (Wildman–Crippen MR) is 79.2 cm³/mol. The van der Waals surface area contributed by atoms with Gasteiger partial charge in [0.05, 0.1) is 17.9 Å². The standard InChI is InChI=1S/C15H16FN3O/c1-19(12-8-6-11(16)7-9-12)10-15(20)18-14-5-3-2-4-13(14)17/h2-9H,10,17H2,1H3,(H,18,20). The van der Waals surface area contributed by atoms with Crippen LogP contribution in [0.15, 0.2) is 48.5 Å². The van der Waals surface area contributed by atoms with Gasteiger partial charge in [0.2, 0.25) is 5.91 Å². The van der Waals surface area contributed by atoms with E-state index in [1.807, 2.05) is 0 Å². The summed E-state index contributed by atoms with van der Waals surface area (Å²) >= 11 is 0. The molecule has 0 heterocycles. The molecule has 5 heteroatoms. The van der Waals surface area contributed by atoms with E-state index in [2.05, 4.69) is 5.32 Å². The smallest absolute Gasteiger partial charge is 0.243 e. The Labute approximate surface area is 117 Å². The minimum atomic E-state index is -0.302. The van der Waals surface area contributed by atoms with Gasteiger partial charge in [-0.05, 0) is 36.4 Å². The van der Waals surface area contributed by atoms with Crippen molar-refractivity contribution in [1.82, 2.24) is 0 Å². The number of halogens is 1. The number of nitrogens with two attached hydrogens (primary N) is 1. The van der Waals surface area contributed by atoms with Crippen molar-refractivity contribution < 1.29 is 9.18 Å². The Morgan fingerprint density at radius 3 is 2.50 bits per heavy atom. The number of amides is 1. The molecule has 0 unspecified atom stereocenters. The number of anilines is 3. The second-order valence-electron chi connectivity index (χ2n) is 4.47. The Hall–Kier alpha value is -2.56. The lowest BCUT2D eigenvalue weighted by Gasteiger charge is -2.19. The molecule has 20 heavy (non-hydrogen) atoms. The third-order valence-electron chi connectivity index (χ3n) is 2.88. The number of carbonyl (C=O) groups excluding carboxylic acids is 1. The zero-order chi connectivity index (χ0) is 14.5. The number of carbonyl (C=O) groups is 1. The first-order chi connectivity index (χ1) is 9.56. The molecule has 0 aromatic heterocycles. The zero-order valence-electron chi connectivity index (χ0n) is 11.1. The molecule has 2 rings (SSSR count). The van der Waals surface area contributed by atoms with E-state index >= 15 is 0 Å². The minimum Gasteiger partial charge on any atom is -0.397 e. The SMILES string of the molecule is CN(CC(=O)Nc1ccccc1N)c1ccc(F)cc1. The highest BCUT2D eigenvalue weighted by molar-refractivity contribution is 5.96. The summed E-state index contributed by atoms with van der Waals surface area (Å²) in [5.41, 5.74) is 7.63. The van der Waals surface area contributed by atoms with Crippen molar-refractivity contribution in [1.29, 1.82) is 0 Å². The molecule has 0 aliphatic rings. The summed E-state index contributed by atoms with van der Waals surface area (Å²) < 4.78 is 12.8. The first-order valence-corrected chi connectivity index (χ1v) is 6.17. The Bertz CT molecular complexity index is 598. The first-order valence-electron chi connectivity index (χ1n) is 6.17. The monoisotopic (exact) mass is 273 g/mol. The van der Waals surface area contributed by atoms with Gasteiger partial charge in [-0.15, -0.1) is 0 Å². The number of hydrogen-bond acceptors (Lipinski definition) is 3. The van der Waals surface area contributed by atoms with Gasteiger partial charge in [0.1, 0.15) is 5.82 Å². The molecule has 3 N–H and O–H groups in total. The molecule has 4 nitrogen and oxygen atoms in total. The summed E-state index contributed by atoms with van der Waals surface area (Å²) in [6.07, 6.45) is 0. The van der Waals surface area contributed by atoms with E-state index in [9.17, 15) is 9.18 Å². The van der Waals surface area contributed by atoms with Crippen LogP contribution in [0.1, 0.15) is 0 Å². The van der Waals surface area contributed by atoms with E-state index in [1.165, 1.54) is 12.1 Å². The molecule has 0 atom stereocenters. The number of rotatable bonds is 4. The van der Waals surface area contributed by atoms with Crippen molar-refractivity contribution in [3.8, 4) is 0 Å². The molecule has 2 aromatic rings. The van der Waals surface area contributed by atoms with Crippen molar-refractivity contribution in [2.75, 3.05) is 29.5 Å². The van der Waals surface area contributed by atoms with Gasteiger partial charge in [0.15, 0.2) is 0 Å². The fraction of sp³-hybridized carbons (Fsp3) is 0.133. The van der Waals surface area contributed by atoms with Gasteiger partial charge in [-0.2, -0.15) is 0 Å². The van der Waals surface area contributed by atoms with Crippen LogP contribution in [0.3, 0.4) is 0 Å². The molecule has 2 aromatic carbocycles. The van der Waals surface area contributed by atoms with Gasteiger partial charge in [0, 0.05) is 12.7 Å². The van der Waals surface area contributed by atoms with Gasteiger partial charge in [-0.1, -0.05) is 12.1 Å². The number of benzene rings is 2. The van der Waals surface area contributed by atoms with E-state index in [0.29, 0.717) is 11.4 Å². The second kappa shape index (κ2) is 6.06. The number of nitrogen functional groups attached to an aromatic ring is 1. The molecule has 1 amide bonds. The van der Waals surface area contributed by atoms with Crippen LogP contribution in [-0.4, -0.2) is 19.5 Å².